The van der Waals surface area contributed by atoms with Crippen LogP contribution in [0.1, 0.15) is 23.1 Å². The van der Waals surface area contributed by atoms with Crippen LogP contribution in [-0.4, -0.2) is 40.4 Å². The van der Waals surface area contributed by atoms with Crippen LogP contribution in [0, 0.1) is 0 Å². The molecule has 0 saturated heterocycles. The Kier molecular flexibility index (Phi) is 5.82. The standard InChI is InChI=1S/C18H18N4O4S/c1-3-26-15(23)9-12-11-27-18(19-12)20-17(24)16-14(25-2)10-22(21-16)13-7-5-4-6-8-13/h4-8,10-11H,3,9H2,1-2H3,(H,19,20,24). The number of rotatable bonds is 7. The molecule has 3 rings (SSSR count). The number of nitrogens with one attached hydrogen (secondary N) is 1. The molecule has 27 heavy (non-hydrogen) atoms. The van der Waals surface area contributed by atoms with Crippen molar-refractivity contribution < 1.29 is 19.1 Å². The maximum atomic E-state index is 12.6. The molecule has 0 unspecified atom stereocenters. The second-order valence-corrected chi connectivity index (χ2v) is 6.26. The van der Waals surface area contributed by atoms with Gasteiger partial charge in [-0.15, -0.1) is 11.3 Å². The molecule has 140 valence electrons. The second kappa shape index (κ2) is 8.45. The van der Waals surface area contributed by atoms with Gasteiger partial charge in [-0.3, -0.25) is 14.9 Å². The van der Waals surface area contributed by atoms with E-state index < -0.39 is 5.91 Å². The van der Waals surface area contributed by atoms with Gasteiger partial charge in [-0.2, -0.15) is 5.10 Å². The van der Waals surface area contributed by atoms with Gasteiger partial charge >= 0.3 is 5.97 Å². The Labute approximate surface area is 159 Å². The number of amides is 1. The second-order valence-electron chi connectivity index (χ2n) is 5.41. The molecule has 0 bridgehead atoms. The number of ether oxygens (including phenoxy) is 2. The van der Waals surface area contributed by atoms with E-state index in [4.69, 9.17) is 9.47 Å². The SMILES string of the molecule is CCOC(=O)Cc1csc(NC(=O)c2nn(-c3ccccc3)cc2OC)n1. The quantitative estimate of drug-likeness (QED) is 0.627. The molecule has 0 aliphatic heterocycles. The zero-order valence-electron chi connectivity index (χ0n) is 14.8. The van der Waals surface area contributed by atoms with Gasteiger partial charge < -0.3 is 9.47 Å². The molecule has 0 spiro atoms. The van der Waals surface area contributed by atoms with Gasteiger partial charge in [-0.1, -0.05) is 18.2 Å². The van der Waals surface area contributed by atoms with Crippen molar-refractivity contribution in [3.05, 3.63) is 53.3 Å². The van der Waals surface area contributed by atoms with Gasteiger partial charge in [0.25, 0.3) is 5.91 Å². The van der Waals surface area contributed by atoms with E-state index in [0.29, 0.717) is 23.2 Å². The summed E-state index contributed by atoms with van der Waals surface area (Å²) in [5, 5.41) is 9.06. The lowest BCUT2D eigenvalue weighted by molar-refractivity contribution is -0.142. The molecule has 2 aromatic heterocycles. The number of para-hydroxylation sites is 1. The van der Waals surface area contributed by atoms with Gasteiger partial charge in [0.15, 0.2) is 16.6 Å². The zero-order valence-corrected chi connectivity index (χ0v) is 15.7. The number of aromatic nitrogens is 3. The summed E-state index contributed by atoms with van der Waals surface area (Å²) in [5.74, 6) is -0.456. The van der Waals surface area contributed by atoms with Crippen molar-refractivity contribution in [2.75, 3.05) is 19.0 Å². The van der Waals surface area contributed by atoms with E-state index in [1.54, 1.807) is 23.2 Å². The van der Waals surface area contributed by atoms with E-state index in [2.05, 4.69) is 15.4 Å². The lowest BCUT2D eigenvalue weighted by atomic mass is 10.3. The Morgan fingerprint density at radius 2 is 2.04 bits per heavy atom. The summed E-state index contributed by atoms with van der Waals surface area (Å²) in [4.78, 5) is 28.3. The fraction of sp³-hybridized carbons (Fsp3) is 0.222. The third-order valence-corrected chi connectivity index (χ3v) is 4.35. The number of benzene rings is 1. The number of esters is 1. The largest absolute Gasteiger partial charge is 0.493 e. The number of carbonyl (C=O) groups excluding carboxylic acids is 2. The molecule has 1 amide bonds. The first kappa shape index (κ1) is 18.6. The third kappa shape index (κ3) is 4.50. The average Bonchev–Trinajstić information content (AvgIpc) is 3.29. The molecule has 8 nitrogen and oxygen atoms in total. The minimum Gasteiger partial charge on any atom is -0.493 e. The van der Waals surface area contributed by atoms with Crippen LogP contribution in [0.25, 0.3) is 5.69 Å². The highest BCUT2D eigenvalue weighted by Gasteiger charge is 2.20. The summed E-state index contributed by atoms with van der Waals surface area (Å²) in [6.07, 6.45) is 1.70. The highest BCUT2D eigenvalue weighted by molar-refractivity contribution is 7.14. The van der Waals surface area contributed by atoms with E-state index in [1.807, 2.05) is 30.3 Å². The molecule has 0 fully saturated rings. The van der Waals surface area contributed by atoms with E-state index >= 15 is 0 Å². The summed E-state index contributed by atoms with van der Waals surface area (Å²) in [6, 6.07) is 9.40. The van der Waals surface area contributed by atoms with Crippen LogP contribution in [-0.2, 0) is 16.0 Å². The molecule has 0 atom stereocenters. The first-order valence-corrected chi connectivity index (χ1v) is 9.09. The smallest absolute Gasteiger partial charge is 0.311 e. The zero-order chi connectivity index (χ0) is 19.2. The topological polar surface area (TPSA) is 95.3 Å². The predicted molar refractivity (Wildman–Crippen MR) is 101 cm³/mol. The molecule has 1 N–H and O–H groups in total. The fourth-order valence-corrected chi connectivity index (χ4v) is 3.04. The van der Waals surface area contributed by atoms with Gasteiger partial charge in [0.2, 0.25) is 0 Å². The lowest BCUT2D eigenvalue weighted by Gasteiger charge is -2.01. The van der Waals surface area contributed by atoms with E-state index in [0.717, 1.165) is 5.69 Å². The highest BCUT2D eigenvalue weighted by Crippen LogP contribution is 2.22. The third-order valence-electron chi connectivity index (χ3n) is 3.54. The van der Waals surface area contributed by atoms with Gasteiger partial charge in [0, 0.05) is 5.38 Å². The predicted octanol–water partition coefficient (Wildman–Crippen LogP) is 2.70. The number of thiazole rings is 1. The average molecular weight is 386 g/mol. The molecule has 0 radical (unpaired) electrons. The maximum Gasteiger partial charge on any atom is 0.311 e. The monoisotopic (exact) mass is 386 g/mol. The van der Waals surface area contributed by atoms with E-state index in [-0.39, 0.29) is 18.1 Å². The van der Waals surface area contributed by atoms with Crippen molar-refractivity contribution in [1.82, 2.24) is 14.8 Å². The molecule has 2 heterocycles. The highest BCUT2D eigenvalue weighted by atomic mass is 32.1. The first-order chi connectivity index (χ1) is 13.1. The fourth-order valence-electron chi connectivity index (χ4n) is 2.34. The van der Waals surface area contributed by atoms with Crippen LogP contribution in [0.3, 0.4) is 0 Å². The van der Waals surface area contributed by atoms with Crippen molar-refractivity contribution in [2.24, 2.45) is 0 Å². The van der Waals surface area contributed by atoms with Crippen LogP contribution in [0.5, 0.6) is 5.75 Å². The first-order valence-electron chi connectivity index (χ1n) is 8.21. The summed E-state index contributed by atoms with van der Waals surface area (Å²) in [6.45, 7) is 2.06. The Morgan fingerprint density at radius 1 is 1.26 bits per heavy atom. The number of methoxy groups -OCH3 is 1. The van der Waals surface area contributed by atoms with Gasteiger partial charge in [-0.25, -0.2) is 9.67 Å². The summed E-state index contributed by atoms with van der Waals surface area (Å²) in [5.41, 5.74) is 1.49. The van der Waals surface area contributed by atoms with Crippen molar-refractivity contribution in [3.8, 4) is 11.4 Å². The number of hydrogen-bond acceptors (Lipinski definition) is 7. The molecule has 0 aliphatic rings. The maximum absolute atomic E-state index is 12.6. The van der Waals surface area contributed by atoms with Crippen LogP contribution in [0.4, 0.5) is 5.13 Å². The van der Waals surface area contributed by atoms with Crippen molar-refractivity contribution in [3.63, 3.8) is 0 Å². The summed E-state index contributed by atoms with van der Waals surface area (Å²) >= 11 is 1.22. The molecule has 1 aromatic carbocycles. The molecule has 3 aromatic rings. The van der Waals surface area contributed by atoms with Crippen molar-refractivity contribution in [2.45, 2.75) is 13.3 Å². The normalized spacial score (nSPS) is 10.4. The summed E-state index contributed by atoms with van der Waals surface area (Å²) < 4.78 is 11.7. The van der Waals surface area contributed by atoms with E-state index in [9.17, 15) is 9.59 Å². The molecule has 9 heteroatoms. The van der Waals surface area contributed by atoms with Crippen LogP contribution in [0.2, 0.25) is 0 Å². The van der Waals surface area contributed by atoms with Crippen molar-refractivity contribution in [1.29, 1.82) is 0 Å². The van der Waals surface area contributed by atoms with Crippen LogP contribution in [0.15, 0.2) is 41.9 Å². The number of anilines is 1. The van der Waals surface area contributed by atoms with Crippen LogP contribution >= 0.6 is 11.3 Å². The number of nitrogens with zero attached hydrogens (tertiary/aromatic N) is 3. The van der Waals surface area contributed by atoms with Gasteiger partial charge in [0.05, 0.1) is 37.7 Å². The van der Waals surface area contributed by atoms with Crippen molar-refractivity contribution >= 4 is 28.3 Å². The molecule has 0 saturated carbocycles. The van der Waals surface area contributed by atoms with Crippen LogP contribution < -0.4 is 10.1 Å². The summed E-state index contributed by atoms with van der Waals surface area (Å²) in [7, 11) is 1.48. The van der Waals surface area contributed by atoms with Gasteiger partial charge in [0.1, 0.15) is 0 Å². The lowest BCUT2D eigenvalue weighted by Crippen LogP contribution is -2.14. The minimum atomic E-state index is -0.446. The molecule has 0 aliphatic carbocycles. The Hall–Kier alpha value is -3.20. The number of hydrogen-bond donors (Lipinski definition) is 1. The Bertz CT molecular complexity index is 936. The van der Waals surface area contributed by atoms with E-state index in [1.165, 1.54) is 18.4 Å². The number of carbonyl (C=O) groups is 2. The molecular weight excluding hydrogens is 368 g/mol. The molecular formula is C18H18N4O4S. The van der Waals surface area contributed by atoms with Gasteiger partial charge in [-0.05, 0) is 19.1 Å². The Morgan fingerprint density at radius 3 is 2.74 bits per heavy atom. The Balaban J connectivity index is 1.74. The minimum absolute atomic E-state index is 0.0617.